The third-order valence-electron chi connectivity index (χ3n) is 1.66. The molecule has 0 aliphatic heterocycles. The average Bonchev–Trinajstić information content (AvgIpc) is 2.22. The van der Waals surface area contributed by atoms with Crippen LogP contribution in [0.4, 0.5) is 4.79 Å². The third kappa shape index (κ3) is 3.26. The predicted molar refractivity (Wildman–Crippen MR) is 67.7 cm³/mol. The Labute approximate surface area is 106 Å². The molecule has 6 nitrogen and oxygen atoms in total. The molecule has 4 N–H and O–H groups in total. The van der Waals surface area contributed by atoms with Crippen molar-refractivity contribution >= 4 is 34.8 Å². The molecule has 1 aromatic rings. The first-order valence-electron chi connectivity index (χ1n) is 4.19. The fourth-order valence-corrected chi connectivity index (χ4v) is 1.62. The van der Waals surface area contributed by atoms with Crippen LogP contribution in [0.25, 0.3) is 0 Å². The number of urea groups is 1. The first kappa shape index (κ1) is 12.6. The average molecular weight is 335 g/mol. The summed E-state index contributed by atoms with van der Waals surface area (Å²) in [5, 5.41) is 13.2. The molecule has 0 fully saturated rings. The highest BCUT2D eigenvalue weighted by atomic mass is 127. The van der Waals surface area contributed by atoms with Crippen LogP contribution in [0.15, 0.2) is 17.2 Å². The summed E-state index contributed by atoms with van der Waals surface area (Å²) in [4.78, 5) is 10.4. The van der Waals surface area contributed by atoms with Gasteiger partial charge >= 0.3 is 6.03 Å². The molecule has 1 rings (SSSR count). The van der Waals surface area contributed by atoms with Gasteiger partial charge in [0.1, 0.15) is 0 Å². The van der Waals surface area contributed by atoms with Gasteiger partial charge < -0.3 is 15.6 Å². The molecule has 0 saturated heterocycles. The van der Waals surface area contributed by atoms with Gasteiger partial charge in [0.05, 0.1) is 16.9 Å². The lowest BCUT2D eigenvalue weighted by Crippen LogP contribution is -2.24. The number of benzene rings is 1. The number of halogens is 1. The van der Waals surface area contributed by atoms with E-state index in [1.807, 2.05) is 22.6 Å². The van der Waals surface area contributed by atoms with Crippen LogP contribution in [0.5, 0.6) is 11.5 Å². The molecule has 0 radical (unpaired) electrons. The van der Waals surface area contributed by atoms with E-state index in [1.165, 1.54) is 13.3 Å². The summed E-state index contributed by atoms with van der Waals surface area (Å²) in [6.45, 7) is 0. The number of hydrogen-bond donors (Lipinski definition) is 3. The van der Waals surface area contributed by atoms with Gasteiger partial charge in [0, 0.05) is 0 Å². The van der Waals surface area contributed by atoms with Crippen molar-refractivity contribution in [1.82, 2.24) is 5.43 Å². The molecule has 0 spiro atoms. The number of nitrogens with one attached hydrogen (secondary N) is 1. The SMILES string of the molecule is COc1cc(/C=N\NC(N)=O)cc(I)c1O. The smallest absolute Gasteiger partial charge is 0.332 e. The van der Waals surface area contributed by atoms with Crippen molar-refractivity contribution in [3.8, 4) is 11.5 Å². The number of phenolic OH excluding ortho intramolecular Hbond substituents is 1. The number of ether oxygens (including phenoxy) is 1. The molecule has 0 unspecified atom stereocenters. The molecule has 0 heterocycles. The van der Waals surface area contributed by atoms with Gasteiger partial charge in [0.15, 0.2) is 11.5 Å². The van der Waals surface area contributed by atoms with Crippen LogP contribution in [0.2, 0.25) is 0 Å². The van der Waals surface area contributed by atoms with Crippen LogP contribution < -0.4 is 15.9 Å². The van der Waals surface area contributed by atoms with E-state index in [2.05, 4.69) is 10.5 Å². The van der Waals surface area contributed by atoms with Crippen molar-refractivity contribution in [2.24, 2.45) is 10.8 Å². The maximum atomic E-state index is 10.4. The molecule has 1 aromatic carbocycles. The first-order chi connectivity index (χ1) is 7.54. The van der Waals surface area contributed by atoms with E-state index in [1.54, 1.807) is 12.1 Å². The van der Waals surface area contributed by atoms with Crippen molar-refractivity contribution < 1.29 is 14.6 Å². The van der Waals surface area contributed by atoms with E-state index < -0.39 is 6.03 Å². The van der Waals surface area contributed by atoms with Gasteiger partial charge in [0.2, 0.25) is 0 Å². The standard InChI is InChI=1S/C9H10IN3O3/c1-16-7-3-5(2-6(10)8(7)14)4-12-13-9(11)15/h2-4,14H,1H3,(H3,11,13,15)/b12-4-. The van der Waals surface area contributed by atoms with Crippen molar-refractivity contribution in [2.75, 3.05) is 7.11 Å². The fraction of sp³-hybridized carbons (Fsp3) is 0.111. The predicted octanol–water partition coefficient (Wildman–Crippen LogP) is 1.01. The van der Waals surface area contributed by atoms with E-state index >= 15 is 0 Å². The van der Waals surface area contributed by atoms with Gasteiger partial charge in [-0.15, -0.1) is 0 Å². The topological polar surface area (TPSA) is 96.9 Å². The van der Waals surface area contributed by atoms with Crippen LogP contribution >= 0.6 is 22.6 Å². The Morgan fingerprint density at radius 3 is 2.94 bits per heavy atom. The summed E-state index contributed by atoms with van der Waals surface area (Å²) in [5.41, 5.74) is 7.58. The number of nitrogens with two attached hydrogens (primary N) is 1. The van der Waals surface area contributed by atoms with E-state index in [4.69, 9.17) is 10.5 Å². The zero-order valence-electron chi connectivity index (χ0n) is 8.40. The number of rotatable bonds is 3. The minimum atomic E-state index is -0.739. The van der Waals surface area contributed by atoms with Crippen molar-refractivity contribution in [2.45, 2.75) is 0 Å². The van der Waals surface area contributed by atoms with Gasteiger partial charge in [-0.05, 0) is 40.3 Å². The van der Waals surface area contributed by atoms with Crippen molar-refractivity contribution in [3.05, 3.63) is 21.3 Å². The molecule has 0 bridgehead atoms. The van der Waals surface area contributed by atoms with Gasteiger partial charge in [-0.2, -0.15) is 5.10 Å². The van der Waals surface area contributed by atoms with Crippen LogP contribution in [0.1, 0.15) is 5.56 Å². The quantitative estimate of drug-likeness (QED) is 0.437. The number of amides is 2. The van der Waals surface area contributed by atoms with E-state index in [-0.39, 0.29) is 5.75 Å². The molecular formula is C9H10IN3O3. The molecule has 16 heavy (non-hydrogen) atoms. The van der Waals surface area contributed by atoms with Gasteiger partial charge in [-0.1, -0.05) is 0 Å². The lowest BCUT2D eigenvalue weighted by Gasteiger charge is -2.06. The first-order valence-corrected chi connectivity index (χ1v) is 5.27. The van der Waals surface area contributed by atoms with E-state index in [0.717, 1.165) is 0 Å². The minimum Gasteiger partial charge on any atom is -0.504 e. The Morgan fingerprint density at radius 2 is 2.38 bits per heavy atom. The minimum absolute atomic E-state index is 0.0723. The number of primary amides is 1. The van der Waals surface area contributed by atoms with Crippen LogP contribution in [-0.2, 0) is 0 Å². The number of carbonyl (C=O) groups is 1. The lowest BCUT2D eigenvalue weighted by molar-refractivity contribution is 0.249. The summed E-state index contributed by atoms with van der Waals surface area (Å²) in [6, 6.07) is 2.53. The second-order valence-electron chi connectivity index (χ2n) is 2.79. The highest BCUT2D eigenvalue weighted by Crippen LogP contribution is 2.31. The van der Waals surface area contributed by atoms with Gasteiger partial charge in [-0.3, -0.25) is 0 Å². The number of phenols is 1. The maximum absolute atomic E-state index is 10.4. The largest absolute Gasteiger partial charge is 0.504 e. The number of hydrazone groups is 1. The molecule has 0 aliphatic rings. The maximum Gasteiger partial charge on any atom is 0.332 e. The summed E-state index contributed by atoms with van der Waals surface area (Å²) < 4.78 is 5.59. The monoisotopic (exact) mass is 335 g/mol. The van der Waals surface area contributed by atoms with Crippen molar-refractivity contribution in [3.63, 3.8) is 0 Å². The molecule has 0 aromatic heterocycles. The molecule has 2 amide bonds. The van der Waals surface area contributed by atoms with Gasteiger partial charge in [0.25, 0.3) is 0 Å². The molecule has 7 heteroatoms. The number of aromatic hydroxyl groups is 1. The van der Waals surface area contributed by atoms with Crippen LogP contribution in [0.3, 0.4) is 0 Å². The zero-order valence-corrected chi connectivity index (χ0v) is 10.6. The highest BCUT2D eigenvalue weighted by molar-refractivity contribution is 14.1. The second kappa shape index (κ2) is 5.54. The Hall–Kier alpha value is -1.51. The molecule has 0 saturated carbocycles. The Morgan fingerprint density at radius 1 is 1.69 bits per heavy atom. The summed E-state index contributed by atoms with van der Waals surface area (Å²) in [5.74, 6) is 0.413. The van der Waals surface area contributed by atoms with Crippen LogP contribution in [-0.4, -0.2) is 24.5 Å². The Kier molecular flexibility index (Phi) is 4.35. The van der Waals surface area contributed by atoms with Crippen LogP contribution in [0, 0.1) is 3.57 Å². The number of hydrogen-bond acceptors (Lipinski definition) is 4. The second-order valence-corrected chi connectivity index (χ2v) is 3.95. The normalized spacial score (nSPS) is 10.4. The number of carbonyl (C=O) groups excluding carboxylic acids is 1. The Balaban J connectivity index is 2.93. The molecule has 0 aliphatic carbocycles. The van der Waals surface area contributed by atoms with E-state index in [0.29, 0.717) is 14.9 Å². The fourth-order valence-electron chi connectivity index (χ4n) is 0.994. The number of nitrogens with zero attached hydrogens (tertiary/aromatic N) is 1. The van der Waals surface area contributed by atoms with Crippen molar-refractivity contribution in [1.29, 1.82) is 0 Å². The summed E-state index contributed by atoms with van der Waals surface area (Å²) in [6.07, 6.45) is 1.40. The zero-order chi connectivity index (χ0) is 12.1. The molecular weight excluding hydrogens is 325 g/mol. The van der Waals surface area contributed by atoms with E-state index in [9.17, 15) is 9.90 Å². The summed E-state index contributed by atoms with van der Waals surface area (Å²) >= 11 is 1.96. The summed E-state index contributed by atoms with van der Waals surface area (Å²) in [7, 11) is 1.45. The third-order valence-corrected chi connectivity index (χ3v) is 2.48. The molecule has 0 atom stereocenters. The number of methoxy groups -OCH3 is 1. The highest BCUT2D eigenvalue weighted by Gasteiger charge is 2.07. The Bertz CT molecular complexity index is 434. The van der Waals surface area contributed by atoms with Gasteiger partial charge in [-0.25, -0.2) is 10.2 Å². The lowest BCUT2D eigenvalue weighted by atomic mass is 10.2. The molecule has 86 valence electrons.